The van der Waals surface area contributed by atoms with Crippen LogP contribution in [0.15, 0.2) is 78.0 Å². The Balaban J connectivity index is 1.47. The topological polar surface area (TPSA) is 132 Å². The zero-order chi connectivity index (χ0) is 25.7. The standard InChI is InChI=1S/C27H27N3O6/c1-36-29-21-14-22(26(34)28-15-25(33)20-11-12-23(31)24(32)13-20)30(16-21)27(35)19-9-7-18(8-10-19)17-5-3-2-4-6-17/h2-13,22,25,31-33H,14-16H2,1H3,(H,28,34). The molecule has 1 fully saturated rings. The van der Waals surface area contributed by atoms with Gasteiger partial charge in [0.1, 0.15) is 13.2 Å². The Morgan fingerprint density at radius 3 is 2.39 bits per heavy atom. The Labute approximate surface area is 208 Å². The number of amides is 2. The first-order valence-corrected chi connectivity index (χ1v) is 11.4. The van der Waals surface area contributed by atoms with E-state index in [9.17, 15) is 24.9 Å². The number of oxime groups is 1. The fourth-order valence-electron chi connectivity index (χ4n) is 4.13. The highest BCUT2D eigenvalue weighted by atomic mass is 16.6. The number of benzene rings is 3. The highest BCUT2D eigenvalue weighted by molar-refractivity contribution is 6.05. The van der Waals surface area contributed by atoms with Crippen molar-refractivity contribution < 1.29 is 29.7 Å². The minimum absolute atomic E-state index is 0.138. The molecule has 3 aromatic carbocycles. The van der Waals surface area contributed by atoms with Gasteiger partial charge in [-0.1, -0.05) is 53.7 Å². The number of hydrogen-bond acceptors (Lipinski definition) is 7. The average molecular weight is 490 g/mol. The van der Waals surface area contributed by atoms with Gasteiger partial charge >= 0.3 is 0 Å². The fourth-order valence-corrected chi connectivity index (χ4v) is 4.13. The summed E-state index contributed by atoms with van der Waals surface area (Å²) >= 11 is 0. The summed E-state index contributed by atoms with van der Waals surface area (Å²) in [4.78, 5) is 32.7. The number of phenols is 2. The predicted molar refractivity (Wildman–Crippen MR) is 134 cm³/mol. The van der Waals surface area contributed by atoms with E-state index in [0.29, 0.717) is 16.8 Å². The third-order valence-electron chi connectivity index (χ3n) is 6.03. The van der Waals surface area contributed by atoms with Crippen LogP contribution < -0.4 is 5.32 Å². The van der Waals surface area contributed by atoms with Gasteiger partial charge in [-0.15, -0.1) is 0 Å². The van der Waals surface area contributed by atoms with Crippen molar-refractivity contribution in [1.29, 1.82) is 0 Å². The fraction of sp³-hybridized carbons (Fsp3) is 0.222. The van der Waals surface area contributed by atoms with Crippen molar-refractivity contribution in [3.8, 4) is 22.6 Å². The van der Waals surface area contributed by atoms with Crippen LogP contribution in [0, 0.1) is 0 Å². The second-order valence-electron chi connectivity index (χ2n) is 8.45. The van der Waals surface area contributed by atoms with Gasteiger partial charge in [-0.05, 0) is 41.0 Å². The van der Waals surface area contributed by atoms with Crippen molar-refractivity contribution in [1.82, 2.24) is 10.2 Å². The molecule has 0 aliphatic carbocycles. The number of rotatable bonds is 7. The Bertz CT molecular complexity index is 1260. The van der Waals surface area contributed by atoms with Crippen molar-refractivity contribution in [2.24, 2.45) is 5.16 Å². The summed E-state index contributed by atoms with van der Waals surface area (Å²) < 4.78 is 0. The Kier molecular flexibility index (Phi) is 7.50. The third kappa shape index (κ3) is 5.47. The minimum Gasteiger partial charge on any atom is -0.504 e. The molecule has 9 nitrogen and oxygen atoms in total. The third-order valence-corrected chi connectivity index (χ3v) is 6.03. The Morgan fingerprint density at radius 1 is 1.03 bits per heavy atom. The molecule has 2 unspecified atom stereocenters. The lowest BCUT2D eigenvalue weighted by atomic mass is 10.0. The highest BCUT2D eigenvalue weighted by Crippen LogP contribution is 2.28. The van der Waals surface area contributed by atoms with E-state index in [2.05, 4.69) is 10.5 Å². The van der Waals surface area contributed by atoms with Crippen LogP contribution >= 0.6 is 0 Å². The van der Waals surface area contributed by atoms with Gasteiger partial charge < -0.3 is 30.4 Å². The summed E-state index contributed by atoms with van der Waals surface area (Å²) in [5.74, 6) is -1.45. The lowest BCUT2D eigenvalue weighted by molar-refractivity contribution is -0.125. The van der Waals surface area contributed by atoms with Crippen LogP contribution in [-0.4, -0.2) is 64.0 Å². The maximum absolute atomic E-state index is 13.3. The first-order valence-electron chi connectivity index (χ1n) is 11.4. The van der Waals surface area contributed by atoms with E-state index in [1.165, 1.54) is 30.2 Å². The first-order chi connectivity index (χ1) is 17.4. The number of carbonyl (C=O) groups excluding carboxylic acids is 2. The molecule has 1 saturated heterocycles. The second kappa shape index (κ2) is 10.9. The zero-order valence-electron chi connectivity index (χ0n) is 19.7. The average Bonchev–Trinajstić information content (AvgIpc) is 3.33. The van der Waals surface area contributed by atoms with E-state index >= 15 is 0 Å². The molecular formula is C27H27N3O6. The smallest absolute Gasteiger partial charge is 0.254 e. The number of likely N-dealkylation sites (tertiary alicyclic amines) is 1. The lowest BCUT2D eigenvalue weighted by Gasteiger charge is -2.24. The summed E-state index contributed by atoms with van der Waals surface area (Å²) in [6.45, 7) is -0.0102. The van der Waals surface area contributed by atoms with Crippen molar-refractivity contribution in [2.75, 3.05) is 20.2 Å². The van der Waals surface area contributed by atoms with Crippen LogP contribution in [0.25, 0.3) is 11.1 Å². The molecule has 0 saturated carbocycles. The molecule has 9 heteroatoms. The molecule has 4 N–H and O–H groups in total. The van der Waals surface area contributed by atoms with E-state index in [4.69, 9.17) is 4.84 Å². The normalized spacial score (nSPS) is 17.1. The predicted octanol–water partition coefficient (Wildman–Crippen LogP) is 2.83. The molecular weight excluding hydrogens is 462 g/mol. The lowest BCUT2D eigenvalue weighted by Crippen LogP contribution is -2.46. The monoisotopic (exact) mass is 489 g/mol. The number of aliphatic hydroxyl groups is 1. The molecule has 0 spiro atoms. The summed E-state index contributed by atoms with van der Waals surface area (Å²) in [6, 6.07) is 20.1. The van der Waals surface area contributed by atoms with E-state index in [1.807, 2.05) is 42.5 Å². The molecule has 1 heterocycles. The number of hydrogen-bond donors (Lipinski definition) is 4. The summed E-state index contributed by atoms with van der Waals surface area (Å²) in [7, 11) is 1.40. The Hall–Kier alpha value is -4.37. The SMILES string of the molecule is CON=C1CC(C(=O)NCC(O)c2ccc(O)c(O)c2)N(C(=O)c2ccc(-c3ccccc3)cc2)C1. The molecule has 1 aliphatic heterocycles. The van der Waals surface area contributed by atoms with Gasteiger partial charge in [-0.3, -0.25) is 9.59 Å². The van der Waals surface area contributed by atoms with Crippen LogP contribution in [0.1, 0.15) is 28.4 Å². The molecule has 186 valence electrons. The number of aromatic hydroxyl groups is 2. The molecule has 2 atom stereocenters. The maximum atomic E-state index is 13.3. The first kappa shape index (κ1) is 24.7. The zero-order valence-corrected chi connectivity index (χ0v) is 19.7. The molecule has 2 amide bonds. The van der Waals surface area contributed by atoms with Crippen LogP contribution in [0.2, 0.25) is 0 Å². The second-order valence-corrected chi connectivity index (χ2v) is 8.45. The molecule has 4 rings (SSSR count). The quantitative estimate of drug-likeness (QED) is 0.298. The van der Waals surface area contributed by atoms with Crippen molar-refractivity contribution in [3.05, 3.63) is 83.9 Å². The number of nitrogens with zero attached hydrogens (tertiary/aromatic N) is 2. The minimum atomic E-state index is -1.12. The summed E-state index contributed by atoms with van der Waals surface area (Å²) in [5, 5.41) is 36.1. The van der Waals surface area contributed by atoms with E-state index < -0.39 is 18.1 Å². The van der Waals surface area contributed by atoms with Gasteiger partial charge in [0.2, 0.25) is 5.91 Å². The van der Waals surface area contributed by atoms with Crippen LogP contribution in [0.5, 0.6) is 11.5 Å². The van der Waals surface area contributed by atoms with Gasteiger partial charge in [-0.2, -0.15) is 0 Å². The summed E-state index contributed by atoms with van der Waals surface area (Å²) in [6.07, 6.45) is -0.924. The number of carbonyl (C=O) groups is 2. The van der Waals surface area contributed by atoms with Gasteiger partial charge in [0.15, 0.2) is 11.5 Å². The molecule has 36 heavy (non-hydrogen) atoms. The van der Waals surface area contributed by atoms with Crippen LogP contribution in [-0.2, 0) is 9.63 Å². The number of nitrogens with one attached hydrogen (secondary N) is 1. The number of phenolic OH excluding ortho intramolecular Hbond substituents is 2. The molecule has 0 bridgehead atoms. The van der Waals surface area contributed by atoms with Gasteiger partial charge in [0.25, 0.3) is 5.91 Å². The molecule has 0 aromatic heterocycles. The molecule has 0 radical (unpaired) electrons. The van der Waals surface area contributed by atoms with Gasteiger partial charge in [-0.25, -0.2) is 0 Å². The molecule has 3 aromatic rings. The van der Waals surface area contributed by atoms with Gasteiger partial charge in [0.05, 0.1) is 18.4 Å². The Morgan fingerprint density at radius 2 is 1.72 bits per heavy atom. The van der Waals surface area contributed by atoms with Gasteiger partial charge in [0, 0.05) is 18.5 Å². The van der Waals surface area contributed by atoms with Crippen molar-refractivity contribution in [3.63, 3.8) is 0 Å². The maximum Gasteiger partial charge on any atom is 0.254 e. The van der Waals surface area contributed by atoms with Crippen LogP contribution in [0.3, 0.4) is 0 Å². The highest BCUT2D eigenvalue weighted by Gasteiger charge is 2.38. The molecule has 1 aliphatic rings. The van der Waals surface area contributed by atoms with E-state index in [1.54, 1.807) is 12.1 Å². The summed E-state index contributed by atoms with van der Waals surface area (Å²) in [5.41, 5.74) is 3.32. The van der Waals surface area contributed by atoms with E-state index in [-0.39, 0.29) is 36.9 Å². The number of aliphatic hydroxyl groups excluding tert-OH is 1. The van der Waals surface area contributed by atoms with E-state index in [0.717, 1.165) is 11.1 Å². The van der Waals surface area contributed by atoms with Crippen molar-refractivity contribution in [2.45, 2.75) is 18.6 Å². The van der Waals surface area contributed by atoms with Crippen molar-refractivity contribution >= 4 is 17.5 Å². The largest absolute Gasteiger partial charge is 0.504 e. The van der Waals surface area contributed by atoms with Crippen LogP contribution in [0.4, 0.5) is 0 Å².